The van der Waals surface area contributed by atoms with Crippen molar-refractivity contribution in [1.29, 1.82) is 0 Å². The van der Waals surface area contributed by atoms with Crippen molar-refractivity contribution in [2.24, 2.45) is 0 Å². The molecule has 0 atom stereocenters. The lowest BCUT2D eigenvalue weighted by molar-refractivity contribution is 0.387. The van der Waals surface area contributed by atoms with Gasteiger partial charge in [-0.3, -0.25) is 0 Å². The monoisotopic (exact) mass is 494 g/mol. The first kappa shape index (κ1) is 25.7. The fourth-order valence-corrected chi connectivity index (χ4v) is 5.73. The summed E-state index contributed by atoms with van der Waals surface area (Å²) in [6.07, 6.45) is 9.94. The number of nitrogens with zero attached hydrogens (tertiary/aromatic N) is 3. The third kappa shape index (κ3) is 6.24. The van der Waals surface area contributed by atoms with E-state index in [2.05, 4.69) is 73.9 Å². The van der Waals surface area contributed by atoms with Gasteiger partial charge in [-0.25, -0.2) is 4.98 Å². The molecule has 1 aromatic heterocycles. The third-order valence-corrected chi connectivity index (χ3v) is 7.62. The Bertz CT molecular complexity index is 1030. The summed E-state index contributed by atoms with van der Waals surface area (Å²) in [5.74, 6) is 2.32. The van der Waals surface area contributed by atoms with E-state index >= 15 is 0 Å². The molecule has 0 aliphatic heterocycles. The van der Waals surface area contributed by atoms with Crippen LogP contribution >= 0.6 is 12.2 Å². The summed E-state index contributed by atoms with van der Waals surface area (Å²) in [7, 11) is 4.16. The lowest BCUT2D eigenvalue weighted by Crippen LogP contribution is -2.42. The Kier molecular flexibility index (Phi) is 8.47. The molecule has 3 N–H and O–H groups in total. The number of nitrogens with one attached hydrogen (secondary N) is 3. The van der Waals surface area contributed by atoms with Crippen LogP contribution in [0.5, 0.6) is 0 Å². The van der Waals surface area contributed by atoms with Crippen molar-refractivity contribution in [2.75, 3.05) is 29.6 Å². The van der Waals surface area contributed by atoms with Crippen LogP contribution in [0.15, 0.2) is 18.2 Å². The first-order chi connectivity index (χ1) is 16.9. The second-order valence-electron chi connectivity index (χ2n) is 10.6. The van der Waals surface area contributed by atoms with Crippen LogP contribution in [0.1, 0.15) is 87.6 Å². The number of anilines is 3. The van der Waals surface area contributed by atoms with Gasteiger partial charge in [0.2, 0.25) is 5.95 Å². The molecule has 2 aliphatic rings. The van der Waals surface area contributed by atoms with Gasteiger partial charge in [0.15, 0.2) is 5.11 Å². The van der Waals surface area contributed by atoms with E-state index in [0.717, 1.165) is 61.8 Å². The number of rotatable bonds is 7. The van der Waals surface area contributed by atoms with Crippen molar-refractivity contribution in [3.63, 3.8) is 0 Å². The quantitative estimate of drug-likeness (QED) is 0.419. The van der Waals surface area contributed by atoms with Gasteiger partial charge in [-0.2, -0.15) is 4.98 Å². The highest BCUT2D eigenvalue weighted by molar-refractivity contribution is 7.80. The van der Waals surface area contributed by atoms with E-state index in [9.17, 15) is 0 Å². The van der Waals surface area contributed by atoms with Crippen molar-refractivity contribution in [3.05, 3.63) is 40.6 Å². The SMILES string of the molecule is CCc1cccc(C(C)C)c1NC(=S)NC1CCC(Nc2nc3c(c(N(C)C)n2)CCCC3)CC1. The Hall–Kier alpha value is -2.41. The summed E-state index contributed by atoms with van der Waals surface area (Å²) in [5, 5.41) is 11.5. The Morgan fingerprint density at radius 1 is 1.06 bits per heavy atom. The van der Waals surface area contributed by atoms with E-state index in [4.69, 9.17) is 22.2 Å². The van der Waals surface area contributed by atoms with E-state index in [0.29, 0.717) is 18.0 Å². The van der Waals surface area contributed by atoms with Gasteiger partial charge in [-0.15, -0.1) is 0 Å². The number of aryl methyl sites for hydroxylation is 2. The largest absolute Gasteiger partial charge is 0.362 e. The molecule has 2 aliphatic carbocycles. The van der Waals surface area contributed by atoms with Gasteiger partial charge in [0.05, 0.1) is 5.69 Å². The third-order valence-electron chi connectivity index (χ3n) is 7.40. The smallest absolute Gasteiger partial charge is 0.225 e. The number of thiocarbonyl (C=S) groups is 1. The molecule has 1 fully saturated rings. The Balaban J connectivity index is 1.33. The minimum absolute atomic E-state index is 0.395. The van der Waals surface area contributed by atoms with Gasteiger partial charge in [-0.05, 0) is 87.1 Å². The van der Waals surface area contributed by atoms with E-state index in [1.807, 2.05) is 0 Å². The number of fused-ring (bicyclic) bond motifs is 1. The first-order valence-corrected chi connectivity index (χ1v) is 13.8. The molecular weight excluding hydrogens is 452 g/mol. The predicted molar refractivity (Wildman–Crippen MR) is 152 cm³/mol. The molecule has 1 aromatic carbocycles. The van der Waals surface area contributed by atoms with Crippen molar-refractivity contribution in [3.8, 4) is 0 Å². The molecule has 6 nitrogen and oxygen atoms in total. The molecule has 4 rings (SSSR count). The predicted octanol–water partition coefficient (Wildman–Crippen LogP) is 5.82. The van der Waals surface area contributed by atoms with Crippen LogP contribution in [0.2, 0.25) is 0 Å². The van der Waals surface area contributed by atoms with Gasteiger partial charge in [0.1, 0.15) is 5.82 Å². The summed E-state index contributed by atoms with van der Waals surface area (Å²) in [5.41, 5.74) is 6.39. The molecule has 0 spiro atoms. The lowest BCUT2D eigenvalue weighted by Gasteiger charge is -2.31. The van der Waals surface area contributed by atoms with Crippen molar-refractivity contribution in [1.82, 2.24) is 15.3 Å². The molecule has 35 heavy (non-hydrogen) atoms. The van der Waals surface area contributed by atoms with E-state index in [1.165, 1.54) is 40.9 Å². The van der Waals surface area contributed by atoms with Crippen molar-refractivity contribution < 1.29 is 0 Å². The van der Waals surface area contributed by atoms with Gasteiger partial charge >= 0.3 is 0 Å². The van der Waals surface area contributed by atoms with Crippen LogP contribution in [0.3, 0.4) is 0 Å². The second-order valence-corrected chi connectivity index (χ2v) is 11.0. The first-order valence-electron chi connectivity index (χ1n) is 13.4. The van der Waals surface area contributed by atoms with E-state index in [-0.39, 0.29) is 0 Å². The Morgan fingerprint density at radius 2 is 1.77 bits per heavy atom. The molecule has 0 amide bonds. The second kappa shape index (κ2) is 11.5. The number of benzene rings is 1. The van der Waals surface area contributed by atoms with Crippen molar-refractivity contribution >= 4 is 34.8 Å². The molecule has 7 heteroatoms. The number of para-hydroxylation sites is 1. The molecule has 0 unspecified atom stereocenters. The van der Waals surface area contributed by atoms with Crippen molar-refractivity contribution in [2.45, 2.75) is 96.6 Å². The number of aromatic nitrogens is 2. The topological polar surface area (TPSA) is 65.1 Å². The lowest BCUT2D eigenvalue weighted by atomic mass is 9.91. The summed E-state index contributed by atoms with van der Waals surface area (Å²) in [4.78, 5) is 11.9. The Labute approximate surface area is 216 Å². The fraction of sp³-hybridized carbons (Fsp3) is 0.607. The molecular formula is C28H42N6S. The number of hydrogen-bond acceptors (Lipinski definition) is 5. The molecule has 2 aromatic rings. The summed E-state index contributed by atoms with van der Waals surface area (Å²) in [6.45, 7) is 6.67. The normalized spacial score (nSPS) is 19.7. The van der Waals surface area contributed by atoms with Gasteiger partial charge in [0.25, 0.3) is 0 Å². The standard InChI is InChI=1S/C28H42N6S/c1-6-19-10-9-12-22(18(2)3)25(19)32-28(35)30-21-16-14-20(15-17-21)29-27-31-24-13-8-7-11-23(24)26(33-27)34(4)5/h9-10,12,18,20-21H,6-8,11,13-17H2,1-5H3,(H,29,31,33)(H2,30,32,35). The average Bonchev–Trinajstić information content (AvgIpc) is 2.84. The van der Waals surface area contributed by atoms with Crippen LogP contribution < -0.4 is 20.9 Å². The van der Waals surface area contributed by atoms with Crippen LogP contribution in [0.4, 0.5) is 17.5 Å². The molecule has 1 saturated carbocycles. The molecule has 0 saturated heterocycles. The Morgan fingerprint density at radius 3 is 2.46 bits per heavy atom. The van der Waals surface area contributed by atoms with Crippen LogP contribution in [0.25, 0.3) is 0 Å². The van der Waals surface area contributed by atoms with Gasteiger partial charge in [0, 0.05) is 37.4 Å². The van der Waals surface area contributed by atoms with E-state index in [1.54, 1.807) is 0 Å². The van der Waals surface area contributed by atoms with E-state index < -0.39 is 0 Å². The van der Waals surface area contributed by atoms with Gasteiger partial charge < -0.3 is 20.9 Å². The summed E-state index contributed by atoms with van der Waals surface area (Å²) >= 11 is 5.74. The maximum atomic E-state index is 5.74. The zero-order valence-electron chi connectivity index (χ0n) is 22.1. The highest BCUT2D eigenvalue weighted by Gasteiger charge is 2.24. The minimum atomic E-state index is 0.395. The average molecular weight is 495 g/mol. The van der Waals surface area contributed by atoms with Gasteiger partial charge in [-0.1, -0.05) is 39.0 Å². The fourth-order valence-electron chi connectivity index (χ4n) is 5.46. The maximum Gasteiger partial charge on any atom is 0.225 e. The minimum Gasteiger partial charge on any atom is -0.362 e. The van der Waals surface area contributed by atoms with Crippen LogP contribution in [-0.2, 0) is 19.3 Å². The highest BCUT2D eigenvalue weighted by Crippen LogP contribution is 2.30. The summed E-state index contributed by atoms with van der Waals surface area (Å²) < 4.78 is 0. The van der Waals surface area contributed by atoms with Crippen LogP contribution in [-0.4, -0.2) is 41.3 Å². The molecule has 0 radical (unpaired) electrons. The highest BCUT2D eigenvalue weighted by atomic mass is 32.1. The maximum absolute atomic E-state index is 5.74. The number of hydrogen-bond donors (Lipinski definition) is 3. The zero-order chi connectivity index (χ0) is 24.9. The molecule has 1 heterocycles. The molecule has 0 bridgehead atoms. The molecule has 190 valence electrons. The van der Waals surface area contributed by atoms with Crippen LogP contribution in [0, 0.1) is 0 Å². The zero-order valence-corrected chi connectivity index (χ0v) is 22.9. The summed E-state index contributed by atoms with van der Waals surface area (Å²) in [6, 6.07) is 7.34.